The molecular weight excluding hydrogens is 561 g/mol. The highest BCUT2D eigenvalue weighted by Gasteiger charge is 2.28. The molecule has 4 aromatic carbocycles. The van der Waals surface area contributed by atoms with Crippen LogP contribution in [0.5, 0.6) is 5.75 Å². The Labute approximate surface area is 235 Å². The number of hydrazone groups is 1. The number of rotatable bonds is 9. The van der Waals surface area contributed by atoms with E-state index in [2.05, 4.69) is 10.5 Å². The molecule has 198 valence electrons. The topological polar surface area (TPSA) is 105 Å². The lowest BCUT2D eigenvalue weighted by molar-refractivity contribution is -0.119. The first-order chi connectivity index (χ1) is 18.7. The van der Waals surface area contributed by atoms with Gasteiger partial charge in [-0.1, -0.05) is 59.6 Å². The molecule has 0 heterocycles. The fourth-order valence-corrected chi connectivity index (χ4v) is 5.43. The minimum Gasteiger partial charge on any atom is -0.423 e. The van der Waals surface area contributed by atoms with E-state index in [9.17, 15) is 18.0 Å². The summed E-state index contributed by atoms with van der Waals surface area (Å²) in [5, 5.41) is 4.29. The highest BCUT2D eigenvalue weighted by atomic mass is 35.5. The van der Waals surface area contributed by atoms with Crippen molar-refractivity contribution in [3.8, 4) is 5.75 Å². The van der Waals surface area contributed by atoms with E-state index in [4.69, 9.17) is 27.9 Å². The van der Waals surface area contributed by atoms with Crippen LogP contribution in [0.15, 0.2) is 113 Å². The molecule has 0 spiro atoms. The van der Waals surface area contributed by atoms with Gasteiger partial charge < -0.3 is 4.74 Å². The van der Waals surface area contributed by atoms with Crippen LogP contribution in [0.1, 0.15) is 15.9 Å². The third kappa shape index (κ3) is 7.23. The van der Waals surface area contributed by atoms with E-state index in [1.807, 2.05) is 0 Å². The second-order valence-corrected chi connectivity index (χ2v) is 10.7. The van der Waals surface area contributed by atoms with Crippen LogP contribution in [0.3, 0.4) is 0 Å². The van der Waals surface area contributed by atoms with Crippen LogP contribution in [-0.4, -0.2) is 33.1 Å². The van der Waals surface area contributed by atoms with Crippen molar-refractivity contribution in [2.45, 2.75) is 4.90 Å². The van der Waals surface area contributed by atoms with Gasteiger partial charge >= 0.3 is 5.97 Å². The van der Waals surface area contributed by atoms with Crippen molar-refractivity contribution in [3.05, 3.63) is 124 Å². The SMILES string of the molecule is O=C(CN(c1ccc(Cl)cc1Cl)S(=O)(=O)c1ccccc1)N/N=C\c1ccc(OC(=O)c2ccccc2)cc1. The zero-order chi connectivity index (χ0) is 27.8. The number of carbonyl (C=O) groups is 2. The number of nitrogens with zero attached hydrogens (tertiary/aromatic N) is 2. The molecule has 0 bridgehead atoms. The predicted octanol–water partition coefficient (Wildman–Crippen LogP) is 5.56. The monoisotopic (exact) mass is 581 g/mol. The molecule has 0 radical (unpaired) electrons. The number of halogens is 2. The summed E-state index contributed by atoms with van der Waals surface area (Å²) < 4.78 is 33.0. The van der Waals surface area contributed by atoms with Crippen LogP contribution in [0, 0.1) is 0 Å². The summed E-state index contributed by atoms with van der Waals surface area (Å²) in [6, 6.07) is 27.0. The predicted molar refractivity (Wildman–Crippen MR) is 151 cm³/mol. The zero-order valence-corrected chi connectivity index (χ0v) is 22.5. The highest BCUT2D eigenvalue weighted by Crippen LogP contribution is 2.32. The number of carbonyl (C=O) groups excluding carboxylic acids is 2. The number of hydrogen-bond donors (Lipinski definition) is 1. The van der Waals surface area contributed by atoms with Crippen molar-refractivity contribution < 1.29 is 22.7 Å². The normalized spacial score (nSPS) is 11.2. The molecule has 0 aliphatic heterocycles. The molecule has 4 aromatic rings. The van der Waals surface area contributed by atoms with Crippen LogP contribution in [0.25, 0.3) is 0 Å². The third-order valence-electron chi connectivity index (χ3n) is 5.30. The lowest BCUT2D eigenvalue weighted by atomic mass is 10.2. The molecule has 0 saturated heterocycles. The fraction of sp³-hybridized carbons (Fsp3) is 0.0357. The Bertz CT molecular complexity index is 1600. The van der Waals surface area contributed by atoms with Crippen LogP contribution in [0.2, 0.25) is 10.0 Å². The minimum absolute atomic E-state index is 0.0135. The second-order valence-electron chi connectivity index (χ2n) is 8.04. The van der Waals surface area contributed by atoms with Gasteiger partial charge in [-0.25, -0.2) is 18.6 Å². The van der Waals surface area contributed by atoms with E-state index < -0.39 is 28.4 Å². The average Bonchev–Trinajstić information content (AvgIpc) is 2.94. The van der Waals surface area contributed by atoms with Gasteiger partial charge in [0.2, 0.25) is 0 Å². The number of sulfonamides is 1. The maximum atomic E-state index is 13.4. The molecule has 0 fully saturated rings. The first kappa shape index (κ1) is 27.8. The van der Waals surface area contributed by atoms with E-state index in [1.165, 1.54) is 36.5 Å². The summed E-state index contributed by atoms with van der Waals surface area (Å²) in [4.78, 5) is 24.9. The largest absolute Gasteiger partial charge is 0.423 e. The minimum atomic E-state index is -4.14. The maximum absolute atomic E-state index is 13.4. The van der Waals surface area contributed by atoms with Crippen LogP contribution in [-0.2, 0) is 14.8 Å². The summed E-state index contributed by atoms with van der Waals surface area (Å²) in [7, 11) is -4.14. The standard InChI is InChI=1S/C28H21Cl2N3O5S/c29-22-13-16-26(25(30)17-22)33(39(36,37)24-9-5-2-6-10-24)19-27(34)32-31-18-20-11-14-23(15-12-20)38-28(35)21-7-3-1-4-8-21/h1-18H,19H2,(H,32,34)/b31-18-. The molecule has 0 atom stereocenters. The van der Waals surface area contributed by atoms with Crippen molar-refractivity contribution in [1.29, 1.82) is 0 Å². The molecule has 0 aliphatic rings. The van der Waals surface area contributed by atoms with Crippen molar-refractivity contribution in [1.82, 2.24) is 5.43 Å². The molecule has 8 nitrogen and oxygen atoms in total. The molecule has 0 aliphatic carbocycles. The number of esters is 1. The number of hydrogen-bond acceptors (Lipinski definition) is 6. The Morgan fingerprint density at radius 1 is 0.872 bits per heavy atom. The zero-order valence-electron chi connectivity index (χ0n) is 20.2. The summed E-state index contributed by atoms with van der Waals surface area (Å²) >= 11 is 12.3. The molecule has 0 aromatic heterocycles. The number of benzene rings is 4. The summed E-state index contributed by atoms with van der Waals surface area (Å²) in [6.45, 7) is -0.593. The molecule has 1 N–H and O–H groups in total. The van der Waals surface area contributed by atoms with Crippen molar-refractivity contribution in [3.63, 3.8) is 0 Å². The lowest BCUT2D eigenvalue weighted by Gasteiger charge is -2.24. The van der Waals surface area contributed by atoms with E-state index >= 15 is 0 Å². The summed E-state index contributed by atoms with van der Waals surface area (Å²) in [5.74, 6) is -0.850. The molecular formula is C28H21Cl2N3O5S. The van der Waals surface area contributed by atoms with Crippen LogP contribution in [0.4, 0.5) is 5.69 Å². The van der Waals surface area contributed by atoms with Gasteiger partial charge in [-0.15, -0.1) is 0 Å². The molecule has 1 amide bonds. The Morgan fingerprint density at radius 3 is 2.15 bits per heavy atom. The Hall–Kier alpha value is -4.18. The van der Waals surface area contributed by atoms with Crippen molar-refractivity contribution in [2.75, 3.05) is 10.8 Å². The molecule has 0 unspecified atom stereocenters. The van der Waals surface area contributed by atoms with Crippen LogP contribution >= 0.6 is 23.2 Å². The van der Waals surface area contributed by atoms with E-state index in [1.54, 1.807) is 72.8 Å². The van der Waals surface area contributed by atoms with Crippen molar-refractivity contribution in [2.24, 2.45) is 5.10 Å². The van der Waals surface area contributed by atoms with Crippen molar-refractivity contribution >= 4 is 57.0 Å². The van der Waals surface area contributed by atoms with Gasteiger partial charge in [0.1, 0.15) is 12.3 Å². The molecule has 4 rings (SSSR count). The van der Waals surface area contributed by atoms with E-state index in [0.717, 1.165) is 4.31 Å². The third-order valence-corrected chi connectivity index (χ3v) is 7.61. The van der Waals surface area contributed by atoms with E-state index in [-0.39, 0.29) is 15.6 Å². The molecule has 39 heavy (non-hydrogen) atoms. The van der Waals surface area contributed by atoms with Gasteiger partial charge in [0, 0.05) is 5.02 Å². The quantitative estimate of drug-likeness (QED) is 0.121. The Kier molecular flexibility index (Phi) is 8.98. The fourth-order valence-electron chi connectivity index (χ4n) is 3.41. The van der Waals surface area contributed by atoms with Gasteiger partial charge in [0.05, 0.1) is 27.4 Å². The number of anilines is 1. The van der Waals surface area contributed by atoms with Gasteiger partial charge in [-0.3, -0.25) is 9.10 Å². The lowest BCUT2D eigenvalue weighted by Crippen LogP contribution is -2.39. The first-order valence-corrected chi connectivity index (χ1v) is 13.7. The number of nitrogens with one attached hydrogen (secondary N) is 1. The first-order valence-electron chi connectivity index (χ1n) is 11.5. The summed E-state index contributed by atoms with van der Waals surface area (Å²) in [6.07, 6.45) is 1.37. The summed E-state index contributed by atoms with van der Waals surface area (Å²) in [5.41, 5.74) is 3.44. The number of ether oxygens (including phenoxy) is 1. The highest BCUT2D eigenvalue weighted by molar-refractivity contribution is 7.92. The smallest absolute Gasteiger partial charge is 0.343 e. The second kappa shape index (κ2) is 12.6. The Balaban J connectivity index is 1.44. The molecule has 0 saturated carbocycles. The van der Waals surface area contributed by atoms with Gasteiger partial charge in [0.25, 0.3) is 15.9 Å². The molecule has 11 heteroatoms. The van der Waals surface area contributed by atoms with Gasteiger partial charge in [0.15, 0.2) is 0 Å². The van der Waals surface area contributed by atoms with Gasteiger partial charge in [-0.2, -0.15) is 5.10 Å². The average molecular weight is 582 g/mol. The number of amides is 1. The van der Waals surface area contributed by atoms with Crippen LogP contribution < -0.4 is 14.5 Å². The van der Waals surface area contributed by atoms with Gasteiger partial charge in [-0.05, 0) is 72.3 Å². The van der Waals surface area contributed by atoms with E-state index in [0.29, 0.717) is 21.9 Å². The maximum Gasteiger partial charge on any atom is 0.343 e. The Morgan fingerprint density at radius 2 is 1.51 bits per heavy atom.